The molecule has 1 aromatic heterocycles. The summed E-state index contributed by atoms with van der Waals surface area (Å²) in [6.45, 7) is 8.29. The number of aromatic nitrogens is 2. The molecule has 0 bridgehead atoms. The van der Waals surface area contributed by atoms with Crippen LogP contribution in [0.5, 0.6) is 0 Å². The number of nitrogens with zero attached hydrogens (tertiary/aromatic N) is 3. The first kappa shape index (κ1) is 15.9. The van der Waals surface area contributed by atoms with Gasteiger partial charge in [-0.2, -0.15) is 5.10 Å². The molecule has 0 amide bonds. The van der Waals surface area contributed by atoms with Crippen LogP contribution in [0.25, 0.3) is 0 Å². The van der Waals surface area contributed by atoms with E-state index in [2.05, 4.69) is 41.5 Å². The van der Waals surface area contributed by atoms with Crippen LogP contribution >= 0.6 is 0 Å². The minimum absolute atomic E-state index is 0.428. The topological polar surface area (TPSA) is 54.2 Å². The summed E-state index contributed by atoms with van der Waals surface area (Å²) in [5, 5.41) is 11.3. The molecule has 0 radical (unpaired) electrons. The fourth-order valence-corrected chi connectivity index (χ4v) is 3.17. The van der Waals surface area contributed by atoms with Gasteiger partial charge in [-0.15, -0.1) is 0 Å². The van der Waals surface area contributed by atoms with Crippen LogP contribution in [-0.2, 0) is 13.6 Å². The summed E-state index contributed by atoms with van der Waals surface area (Å²) in [7, 11) is 3.81. The van der Waals surface area contributed by atoms with E-state index < -0.39 is 0 Å². The van der Waals surface area contributed by atoms with Gasteiger partial charge in [0, 0.05) is 38.4 Å². The summed E-state index contributed by atoms with van der Waals surface area (Å²) >= 11 is 0. The van der Waals surface area contributed by atoms with Gasteiger partial charge in [-0.1, -0.05) is 19.8 Å². The molecule has 0 spiro atoms. The van der Waals surface area contributed by atoms with Crippen molar-refractivity contribution in [3.8, 4) is 0 Å². The SMILES string of the molecule is CN=C(NCc1c(C)nn(C)c1C)NCC1(C)CCCC1. The number of rotatable bonds is 4. The zero-order valence-corrected chi connectivity index (χ0v) is 14.1. The van der Waals surface area contributed by atoms with Crippen LogP contribution in [0.15, 0.2) is 4.99 Å². The van der Waals surface area contributed by atoms with Crippen molar-refractivity contribution in [1.82, 2.24) is 20.4 Å². The summed E-state index contributed by atoms with van der Waals surface area (Å²) in [6, 6.07) is 0. The Hall–Kier alpha value is -1.52. The van der Waals surface area contributed by atoms with Crippen molar-refractivity contribution in [3.05, 3.63) is 17.0 Å². The highest BCUT2D eigenvalue weighted by molar-refractivity contribution is 5.79. The summed E-state index contributed by atoms with van der Waals surface area (Å²) in [6.07, 6.45) is 5.35. The summed E-state index contributed by atoms with van der Waals surface area (Å²) in [5.41, 5.74) is 3.98. The van der Waals surface area contributed by atoms with Gasteiger partial charge in [-0.3, -0.25) is 9.67 Å². The molecule has 0 aliphatic heterocycles. The maximum absolute atomic E-state index is 4.45. The Morgan fingerprint density at radius 1 is 1.29 bits per heavy atom. The molecule has 2 N–H and O–H groups in total. The first-order chi connectivity index (χ1) is 9.95. The van der Waals surface area contributed by atoms with Gasteiger partial charge in [0.2, 0.25) is 0 Å². The van der Waals surface area contributed by atoms with E-state index in [9.17, 15) is 0 Å². The molecule has 21 heavy (non-hydrogen) atoms. The minimum atomic E-state index is 0.428. The Bertz CT molecular complexity index is 509. The summed E-state index contributed by atoms with van der Waals surface area (Å²) in [5.74, 6) is 0.880. The second-order valence-electron chi connectivity index (χ2n) is 6.57. The fourth-order valence-electron chi connectivity index (χ4n) is 3.17. The molecule has 0 saturated heterocycles. The number of nitrogens with one attached hydrogen (secondary N) is 2. The van der Waals surface area contributed by atoms with Gasteiger partial charge in [0.05, 0.1) is 5.69 Å². The molecule has 118 valence electrons. The van der Waals surface area contributed by atoms with Crippen LogP contribution in [0, 0.1) is 19.3 Å². The minimum Gasteiger partial charge on any atom is -0.356 e. The Kier molecular flexibility index (Phi) is 4.91. The van der Waals surface area contributed by atoms with Crippen LogP contribution in [0.2, 0.25) is 0 Å². The molecule has 0 aromatic carbocycles. The molecule has 1 saturated carbocycles. The van der Waals surface area contributed by atoms with Gasteiger partial charge in [-0.25, -0.2) is 0 Å². The smallest absolute Gasteiger partial charge is 0.191 e. The van der Waals surface area contributed by atoms with Crippen molar-refractivity contribution in [2.75, 3.05) is 13.6 Å². The lowest BCUT2D eigenvalue weighted by Gasteiger charge is -2.25. The van der Waals surface area contributed by atoms with Crippen molar-refractivity contribution in [1.29, 1.82) is 0 Å². The molecule has 1 aromatic rings. The van der Waals surface area contributed by atoms with Crippen molar-refractivity contribution in [3.63, 3.8) is 0 Å². The van der Waals surface area contributed by atoms with Gasteiger partial charge < -0.3 is 10.6 Å². The highest BCUT2D eigenvalue weighted by Gasteiger charge is 2.28. The fraction of sp³-hybridized carbons (Fsp3) is 0.750. The molecule has 2 rings (SSSR count). The van der Waals surface area contributed by atoms with Crippen LogP contribution in [0.1, 0.15) is 49.6 Å². The Morgan fingerprint density at radius 2 is 1.95 bits per heavy atom. The normalized spacial score (nSPS) is 18.0. The van der Waals surface area contributed by atoms with Gasteiger partial charge in [0.25, 0.3) is 0 Å². The van der Waals surface area contributed by atoms with Gasteiger partial charge in [0.15, 0.2) is 5.96 Å². The Balaban J connectivity index is 1.88. The van der Waals surface area contributed by atoms with E-state index in [4.69, 9.17) is 0 Å². The van der Waals surface area contributed by atoms with E-state index in [1.165, 1.54) is 36.9 Å². The lowest BCUT2D eigenvalue weighted by atomic mass is 9.89. The van der Waals surface area contributed by atoms with Crippen molar-refractivity contribution >= 4 is 5.96 Å². The standard InChI is InChI=1S/C16H29N5/c1-12-14(13(2)21(5)20-12)10-18-15(17-4)19-11-16(3)8-6-7-9-16/h6-11H2,1-5H3,(H2,17,18,19). The predicted octanol–water partition coefficient (Wildman–Crippen LogP) is 2.28. The quantitative estimate of drug-likeness (QED) is 0.661. The van der Waals surface area contributed by atoms with Crippen molar-refractivity contribution in [2.24, 2.45) is 17.5 Å². The highest BCUT2D eigenvalue weighted by atomic mass is 15.3. The van der Waals surface area contributed by atoms with E-state index in [0.29, 0.717) is 5.41 Å². The highest BCUT2D eigenvalue weighted by Crippen LogP contribution is 2.36. The maximum atomic E-state index is 4.45. The van der Waals surface area contributed by atoms with E-state index in [0.717, 1.165) is 24.7 Å². The Labute approximate surface area is 128 Å². The van der Waals surface area contributed by atoms with Crippen molar-refractivity contribution in [2.45, 2.75) is 53.0 Å². The molecule has 1 heterocycles. The second kappa shape index (κ2) is 6.50. The zero-order valence-electron chi connectivity index (χ0n) is 14.1. The molecule has 1 fully saturated rings. The lowest BCUT2D eigenvalue weighted by molar-refractivity contribution is 0.334. The second-order valence-corrected chi connectivity index (χ2v) is 6.57. The molecule has 5 nitrogen and oxygen atoms in total. The van der Waals surface area contributed by atoms with Gasteiger partial charge in [-0.05, 0) is 32.1 Å². The number of hydrogen-bond acceptors (Lipinski definition) is 2. The lowest BCUT2D eigenvalue weighted by Crippen LogP contribution is -2.41. The number of aliphatic imine (C=N–C) groups is 1. The monoisotopic (exact) mass is 291 g/mol. The van der Waals surface area contributed by atoms with E-state index in [-0.39, 0.29) is 0 Å². The molecule has 0 unspecified atom stereocenters. The molecule has 0 atom stereocenters. The average molecular weight is 291 g/mol. The van der Waals surface area contributed by atoms with E-state index in [1.54, 1.807) is 0 Å². The van der Waals surface area contributed by atoms with Crippen LogP contribution < -0.4 is 10.6 Å². The van der Waals surface area contributed by atoms with Crippen molar-refractivity contribution < 1.29 is 0 Å². The van der Waals surface area contributed by atoms with Crippen LogP contribution in [0.4, 0.5) is 0 Å². The summed E-state index contributed by atoms with van der Waals surface area (Å²) in [4.78, 5) is 4.33. The third-order valence-corrected chi connectivity index (χ3v) is 4.81. The first-order valence-corrected chi connectivity index (χ1v) is 7.89. The van der Waals surface area contributed by atoms with E-state index in [1.807, 2.05) is 18.8 Å². The van der Waals surface area contributed by atoms with Gasteiger partial charge >= 0.3 is 0 Å². The number of aryl methyl sites for hydroxylation is 2. The Morgan fingerprint density at radius 3 is 2.48 bits per heavy atom. The molecule has 1 aliphatic carbocycles. The number of hydrogen-bond donors (Lipinski definition) is 2. The third kappa shape index (κ3) is 3.77. The molecular weight excluding hydrogens is 262 g/mol. The van der Waals surface area contributed by atoms with Crippen LogP contribution in [-0.4, -0.2) is 29.3 Å². The first-order valence-electron chi connectivity index (χ1n) is 7.89. The molecular formula is C16H29N5. The zero-order chi connectivity index (χ0) is 15.5. The maximum Gasteiger partial charge on any atom is 0.191 e. The molecule has 5 heteroatoms. The predicted molar refractivity (Wildman–Crippen MR) is 87.5 cm³/mol. The largest absolute Gasteiger partial charge is 0.356 e. The average Bonchev–Trinajstić information content (AvgIpc) is 2.98. The number of guanidine groups is 1. The summed E-state index contributed by atoms with van der Waals surface area (Å²) < 4.78 is 1.93. The van der Waals surface area contributed by atoms with Crippen LogP contribution in [0.3, 0.4) is 0 Å². The van der Waals surface area contributed by atoms with E-state index >= 15 is 0 Å². The van der Waals surface area contributed by atoms with Gasteiger partial charge in [0.1, 0.15) is 0 Å². The third-order valence-electron chi connectivity index (χ3n) is 4.81. The molecule has 1 aliphatic rings.